The van der Waals surface area contributed by atoms with Gasteiger partial charge in [0.25, 0.3) is 5.91 Å². The average Bonchev–Trinajstić information content (AvgIpc) is 3.09. The highest BCUT2D eigenvalue weighted by molar-refractivity contribution is 5.81. The molecule has 3 heterocycles. The molecule has 1 aromatic rings. The second-order valence-corrected chi connectivity index (χ2v) is 5.79. The fraction of sp³-hybridized carbons (Fsp3) is 0.368. The first-order chi connectivity index (χ1) is 11.2. The highest BCUT2D eigenvalue weighted by Crippen LogP contribution is 2.19. The molecule has 1 amide bonds. The average molecular weight is 308 g/mol. The van der Waals surface area contributed by atoms with Crippen LogP contribution in [0.15, 0.2) is 42.2 Å². The first-order valence-electron chi connectivity index (χ1n) is 7.95. The molecular formula is C19H20N2O2. The van der Waals surface area contributed by atoms with E-state index in [2.05, 4.69) is 16.8 Å². The Morgan fingerprint density at radius 1 is 1.39 bits per heavy atom. The molecular weight excluding hydrogens is 288 g/mol. The number of ether oxygens (including phenoxy) is 1. The number of aryl methyl sites for hydroxylation is 1. The highest BCUT2D eigenvalue weighted by Gasteiger charge is 2.28. The number of amides is 1. The monoisotopic (exact) mass is 308 g/mol. The maximum absolute atomic E-state index is 12.2. The number of rotatable bonds is 1. The van der Waals surface area contributed by atoms with E-state index in [9.17, 15) is 4.79 Å². The second-order valence-electron chi connectivity index (χ2n) is 5.79. The predicted molar refractivity (Wildman–Crippen MR) is 88.4 cm³/mol. The third-order valence-corrected chi connectivity index (χ3v) is 4.05. The van der Waals surface area contributed by atoms with Crippen LogP contribution in [0.4, 0.5) is 0 Å². The van der Waals surface area contributed by atoms with E-state index < -0.39 is 0 Å². The first-order valence-corrected chi connectivity index (χ1v) is 7.95. The maximum Gasteiger partial charge on any atom is 0.263 e. The van der Waals surface area contributed by atoms with Gasteiger partial charge in [0.15, 0.2) is 6.10 Å². The van der Waals surface area contributed by atoms with Gasteiger partial charge in [-0.1, -0.05) is 17.6 Å². The zero-order chi connectivity index (χ0) is 16.1. The molecule has 0 saturated carbocycles. The van der Waals surface area contributed by atoms with Crippen LogP contribution in [0.2, 0.25) is 0 Å². The number of hydrogen-bond acceptors (Lipinski definition) is 3. The van der Waals surface area contributed by atoms with Gasteiger partial charge in [0, 0.05) is 25.2 Å². The fourth-order valence-electron chi connectivity index (χ4n) is 2.73. The van der Waals surface area contributed by atoms with Gasteiger partial charge in [-0.15, -0.1) is 0 Å². The molecule has 0 spiro atoms. The van der Waals surface area contributed by atoms with Gasteiger partial charge in [-0.2, -0.15) is 0 Å². The smallest absolute Gasteiger partial charge is 0.263 e. The van der Waals surface area contributed by atoms with Gasteiger partial charge in [-0.05, 0) is 50.0 Å². The summed E-state index contributed by atoms with van der Waals surface area (Å²) in [4.78, 5) is 18.5. The van der Waals surface area contributed by atoms with E-state index in [-0.39, 0.29) is 12.0 Å². The van der Waals surface area contributed by atoms with Crippen molar-refractivity contribution in [3.8, 4) is 11.8 Å². The Balaban J connectivity index is 1.53. The minimum absolute atomic E-state index is 0.101. The lowest BCUT2D eigenvalue weighted by Crippen LogP contribution is -2.42. The molecule has 0 bridgehead atoms. The Bertz CT molecular complexity index is 692. The van der Waals surface area contributed by atoms with Crippen molar-refractivity contribution in [2.45, 2.75) is 32.3 Å². The summed E-state index contributed by atoms with van der Waals surface area (Å²) >= 11 is 0. The van der Waals surface area contributed by atoms with Crippen molar-refractivity contribution in [1.29, 1.82) is 0 Å². The number of piperidine rings is 1. The molecule has 118 valence electrons. The topological polar surface area (TPSA) is 42.4 Å². The van der Waals surface area contributed by atoms with Gasteiger partial charge in [0.05, 0.1) is 6.26 Å². The number of nitrogens with zero attached hydrogens (tertiary/aromatic N) is 2. The minimum Gasteiger partial charge on any atom is -0.488 e. The number of carbonyl (C=O) groups excluding carboxylic acids is 1. The van der Waals surface area contributed by atoms with Crippen LogP contribution in [0.1, 0.15) is 30.7 Å². The summed E-state index contributed by atoms with van der Waals surface area (Å²) in [6.07, 6.45) is 7.61. The van der Waals surface area contributed by atoms with Crippen LogP contribution in [-0.2, 0) is 9.53 Å². The van der Waals surface area contributed by atoms with Crippen molar-refractivity contribution in [2.24, 2.45) is 0 Å². The van der Waals surface area contributed by atoms with Crippen LogP contribution >= 0.6 is 0 Å². The third kappa shape index (κ3) is 4.01. The van der Waals surface area contributed by atoms with E-state index in [1.165, 1.54) is 5.57 Å². The number of allylic oxidation sites excluding steroid dienone is 1. The Hall–Kier alpha value is -2.54. The molecule has 0 radical (unpaired) electrons. The molecule has 1 aromatic heterocycles. The summed E-state index contributed by atoms with van der Waals surface area (Å²) in [6, 6.07) is 5.83. The van der Waals surface area contributed by atoms with E-state index in [0.29, 0.717) is 6.42 Å². The Morgan fingerprint density at radius 2 is 2.22 bits per heavy atom. The number of aromatic nitrogens is 1. The Morgan fingerprint density at radius 3 is 2.91 bits per heavy atom. The SMILES string of the molecule is Cc1cccc(C#CC=C2CCN(C(=O)C3CC=CO3)CC2)n1. The largest absolute Gasteiger partial charge is 0.488 e. The van der Waals surface area contributed by atoms with E-state index >= 15 is 0 Å². The zero-order valence-electron chi connectivity index (χ0n) is 13.3. The van der Waals surface area contributed by atoms with Gasteiger partial charge < -0.3 is 9.64 Å². The minimum atomic E-state index is -0.312. The highest BCUT2D eigenvalue weighted by atomic mass is 16.5. The first kappa shape index (κ1) is 15.4. The molecule has 4 nitrogen and oxygen atoms in total. The number of carbonyl (C=O) groups is 1. The number of pyridine rings is 1. The predicted octanol–water partition coefficient (Wildman–Crippen LogP) is 2.59. The van der Waals surface area contributed by atoms with Crippen LogP contribution in [0.25, 0.3) is 0 Å². The van der Waals surface area contributed by atoms with Crippen molar-refractivity contribution >= 4 is 5.91 Å². The summed E-state index contributed by atoms with van der Waals surface area (Å²) in [6.45, 7) is 3.45. The summed E-state index contributed by atoms with van der Waals surface area (Å²) in [5, 5.41) is 0. The van der Waals surface area contributed by atoms with Crippen LogP contribution < -0.4 is 0 Å². The van der Waals surface area contributed by atoms with Crippen LogP contribution in [0.3, 0.4) is 0 Å². The second kappa shape index (κ2) is 7.15. The molecule has 0 N–H and O–H groups in total. The maximum atomic E-state index is 12.2. The molecule has 1 atom stereocenters. The number of likely N-dealkylation sites (tertiary alicyclic amines) is 1. The molecule has 1 unspecified atom stereocenters. The van der Waals surface area contributed by atoms with Crippen molar-refractivity contribution in [2.75, 3.05) is 13.1 Å². The van der Waals surface area contributed by atoms with Gasteiger partial charge in [-0.25, -0.2) is 4.98 Å². The molecule has 2 aliphatic heterocycles. The van der Waals surface area contributed by atoms with Crippen molar-refractivity contribution in [3.63, 3.8) is 0 Å². The molecule has 23 heavy (non-hydrogen) atoms. The van der Waals surface area contributed by atoms with Crippen LogP contribution in [0, 0.1) is 18.8 Å². The zero-order valence-corrected chi connectivity index (χ0v) is 13.3. The lowest BCUT2D eigenvalue weighted by atomic mass is 10.0. The van der Waals surface area contributed by atoms with E-state index in [4.69, 9.17) is 4.74 Å². The molecule has 0 aliphatic carbocycles. The fourth-order valence-corrected chi connectivity index (χ4v) is 2.73. The van der Waals surface area contributed by atoms with Crippen molar-refractivity contribution < 1.29 is 9.53 Å². The molecule has 2 aliphatic rings. The van der Waals surface area contributed by atoms with Crippen LogP contribution in [-0.4, -0.2) is 35.0 Å². The molecule has 1 fully saturated rings. The summed E-state index contributed by atoms with van der Waals surface area (Å²) < 4.78 is 5.30. The van der Waals surface area contributed by atoms with Crippen molar-refractivity contribution in [1.82, 2.24) is 9.88 Å². The Kier molecular flexibility index (Phi) is 4.77. The van der Waals surface area contributed by atoms with E-state index in [1.807, 2.05) is 42.2 Å². The third-order valence-electron chi connectivity index (χ3n) is 4.05. The quantitative estimate of drug-likeness (QED) is 0.749. The van der Waals surface area contributed by atoms with Gasteiger partial charge >= 0.3 is 0 Å². The lowest BCUT2D eigenvalue weighted by Gasteiger charge is -2.30. The van der Waals surface area contributed by atoms with Gasteiger partial charge in [0.1, 0.15) is 5.69 Å². The van der Waals surface area contributed by atoms with E-state index in [1.54, 1.807) is 6.26 Å². The Labute approximate surface area is 136 Å². The molecule has 3 rings (SSSR count). The summed E-state index contributed by atoms with van der Waals surface area (Å²) in [5.41, 5.74) is 3.06. The van der Waals surface area contributed by atoms with E-state index in [0.717, 1.165) is 37.3 Å². The lowest BCUT2D eigenvalue weighted by molar-refractivity contribution is -0.140. The van der Waals surface area contributed by atoms with Crippen LogP contribution in [0.5, 0.6) is 0 Å². The molecule has 4 heteroatoms. The van der Waals surface area contributed by atoms with Gasteiger partial charge in [-0.3, -0.25) is 4.79 Å². The summed E-state index contributed by atoms with van der Waals surface area (Å²) in [7, 11) is 0. The molecule has 1 saturated heterocycles. The normalized spacial score (nSPS) is 19.8. The van der Waals surface area contributed by atoms with Gasteiger partial charge in [0.2, 0.25) is 0 Å². The number of hydrogen-bond donors (Lipinski definition) is 0. The van der Waals surface area contributed by atoms with Crippen molar-refractivity contribution in [3.05, 3.63) is 53.6 Å². The standard InChI is InChI=1S/C19H20N2O2/c1-15-5-2-7-17(20-15)8-3-6-16-10-12-21(13-11-16)19(22)18-9-4-14-23-18/h2,4-7,14,18H,9-13H2,1H3. The molecule has 0 aromatic carbocycles. The summed E-state index contributed by atoms with van der Waals surface area (Å²) in [5.74, 6) is 6.25.